The predicted molar refractivity (Wildman–Crippen MR) is 85.7 cm³/mol. The van der Waals surface area contributed by atoms with E-state index < -0.39 is 0 Å². The number of nitriles is 1. The fraction of sp³-hybridized carbons (Fsp3) is 0.133. The monoisotopic (exact) mass is 360 g/mol. The highest BCUT2D eigenvalue weighted by Gasteiger charge is 2.13. The van der Waals surface area contributed by atoms with Crippen LogP contribution in [0.5, 0.6) is 0 Å². The summed E-state index contributed by atoms with van der Waals surface area (Å²) in [6.07, 6.45) is 2.39. The lowest BCUT2D eigenvalue weighted by Crippen LogP contribution is -2.03. The van der Waals surface area contributed by atoms with Gasteiger partial charge in [0.05, 0.1) is 11.6 Å². The fourth-order valence-electron chi connectivity index (χ4n) is 2.20. The number of fused-ring (bicyclic) bond motifs is 1. The van der Waals surface area contributed by atoms with Crippen molar-refractivity contribution in [2.24, 2.45) is 0 Å². The van der Waals surface area contributed by atoms with E-state index in [1.165, 1.54) is 0 Å². The Morgan fingerprint density at radius 1 is 1.29 bits per heavy atom. The molecule has 6 heteroatoms. The highest BCUT2D eigenvalue weighted by atomic mass is 79.9. The Labute approximate surface area is 135 Å². The number of imidazole rings is 1. The second kappa shape index (κ2) is 5.84. The standard InChI is InChI=1S/C15H10BrClN4/c16-11-7-13-15(19-9-11)21(14(20-13)5-6-17)12-3-1-10(8-18)2-4-12/h1-4,7,9H,5-6H2. The van der Waals surface area contributed by atoms with Crippen LogP contribution in [0, 0.1) is 11.3 Å². The molecule has 0 amide bonds. The number of alkyl halides is 1. The van der Waals surface area contributed by atoms with Crippen molar-refractivity contribution in [1.29, 1.82) is 5.26 Å². The summed E-state index contributed by atoms with van der Waals surface area (Å²) < 4.78 is 2.86. The van der Waals surface area contributed by atoms with E-state index in [1.54, 1.807) is 18.3 Å². The van der Waals surface area contributed by atoms with E-state index in [9.17, 15) is 0 Å². The molecule has 0 aliphatic heterocycles. The predicted octanol–water partition coefficient (Wildman–Crippen LogP) is 3.84. The van der Waals surface area contributed by atoms with Gasteiger partial charge in [0, 0.05) is 28.7 Å². The van der Waals surface area contributed by atoms with Gasteiger partial charge in [-0.15, -0.1) is 11.6 Å². The number of rotatable bonds is 3. The normalized spacial score (nSPS) is 10.7. The molecule has 0 saturated carbocycles. The highest BCUT2D eigenvalue weighted by molar-refractivity contribution is 9.10. The van der Waals surface area contributed by atoms with Gasteiger partial charge < -0.3 is 0 Å². The summed E-state index contributed by atoms with van der Waals surface area (Å²) in [4.78, 5) is 9.05. The Balaban J connectivity index is 2.22. The number of aryl methyl sites for hydroxylation is 1. The molecule has 0 N–H and O–H groups in total. The van der Waals surface area contributed by atoms with E-state index in [0.717, 1.165) is 27.1 Å². The minimum absolute atomic E-state index is 0.487. The van der Waals surface area contributed by atoms with Crippen molar-refractivity contribution in [1.82, 2.24) is 14.5 Å². The summed E-state index contributed by atoms with van der Waals surface area (Å²) in [5.74, 6) is 1.34. The van der Waals surface area contributed by atoms with Crippen LogP contribution in [0.3, 0.4) is 0 Å². The maximum Gasteiger partial charge on any atom is 0.164 e. The number of nitrogens with zero attached hydrogens (tertiary/aromatic N) is 4. The number of hydrogen-bond donors (Lipinski definition) is 0. The molecule has 2 aromatic heterocycles. The maximum atomic E-state index is 8.90. The van der Waals surface area contributed by atoms with Gasteiger partial charge >= 0.3 is 0 Å². The molecule has 0 atom stereocenters. The Hall–Kier alpha value is -1.90. The fourth-order valence-corrected chi connectivity index (χ4v) is 2.68. The molecule has 0 bridgehead atoms. The van der Waals surface area contributed by atoms with Crippen molar-refractivity contribution < 1.29 is 0 Å². The largest absolute Gasteiger partial charge is 0.281 e. The van der Waals surface area contributed by atoms with Gasteiger partial charge in [-0.2, -0.15) is 5.26 Å². The van der Waals surface area contributed by atoms with Crippen molar-refractivity contribution in [3.63, 3.8) is 0 Å². The lowest BCUT2D eigenvalue weighted by Gasteiger charge is -2.07. The highest BCUT2D eigenvalue weighted by Crippen LogP contribution is 2.23. The molecule has 3 rings (SSSR count). The topological polar surface area (TPSA) is 54.5 Å². The third kappa shape index (κ3) is 2.65. The minimum Gasteiger partial charge on any atom is -0.281 e. The molecule has 1 aromatic carbocycles. The summed E-state index contributed by atoms with van der Waals surface area (Å²) in [5.41, 5.74) is 3.14. The van der Waals surface area contributed by atoms with Crippen LogP contribution in [0.2, 0.25) is 0 Å². The van der Waals surface area contributed by atoms with Gasteiger partial charge in [-0.1, -0.05) is 0 Å². The van der Waals surface area contributed by atoms with Crippen LogP contribution in [0.25, 0.3) is 16.9 Å². The van der Waals surface area contributed by atoms with Crippen LogP contribution >= 0.6 is 27.5 Å². The van der Waals surface area contributed by atoms with Gasteiger partial charge in [0.2, 0.25) is 0 Å². The summed E-state index contributed by atoms with van der Waals surface area (Å²) in [6, 6.07) is 11.4. The first-order valence-electron chi connectivity index (χ1n) is 6.32. The average Bonchev–Trinajstić information content (AvgIpc) is 2.85. The quantitative estimate of drug-likeness (QED) is 0.666. The van der Waals surface area contributed by atoms with Crippen molar-refractivity contribution >= 4 is 38.7 Å². The van der Waals surface area contributed by atoms with Crippen molar-refractivity contribution in [3.05, 3.63) is 52.4 Å². The second-order valence-electron chi connectivity index (χ2n) is 4.46. The molecule has 2 heterocycles. The molecule has 3 aromatic rings. The summed E-state index contributed by atoms with van der Waals surface area (Å²) in [6.45, 7) is 0. The molecule has 0 radical (unpaired) electrons. The third-order valence-electron chi connectivity index (χ3n) is 3.11. The van der Waals surface area contributed by atoms with Gasteiger partial charge in [0.15, 0.2) is 5.65 Å². The Morgan fingerprint density at radius 2 is 2.05 bits per heavy atom. The first-order chi connectivity index (χ1) is 10.2. The molecule has 104 valence electrons. The van der Waals surface area contributed by atoms with Gasteiger partial charge in [-0.05, 0) is 46.3 Å². The van der Waals surface area contributed by atoms with Crippen LogP contribution in [0.15, 0.2) is 41.0 Å². The molecule has 4 nitrogen and oxygen atoms in total. The maximum absolute atomic E-state index is 8.90. The minimum atomic E-state index is 0.487. The van der Waals surface area contributed by atoms with E-state index in [4.69, 9.17) is 16.9 Å². The Bertz CT molecular complexity index is 833. The van der Waals surface area contributed by atoms with Gasteiger partial charge in [-0.25, -0.2) is 9.97 Å². The van der Waals surface area contributed by atoms with E-state index >= 15 is 0 Å². The molecule has 0 aliphatic rings. The number of hydrogen-bond acceptors (Lipinski definition) is 3. The number of halogens is 2. The number of pyridine rings is 1. The van der Waals surface area contributed by atoms with Crippen LogP contribution in [-0.4, -0.2) is 20.4 Å². The number of benzene rings is 1. The third-order valence-corrected chi connectivity index (χ3v) is 3.73. The zero-order chi connectivity index (χ0) is 14.8. The summed E-state index contributed by atoms with van der Waals surface area (Å²) in [5, 5.41) is 8.90. The number of aromatic nitrogens is 3. The van der Waals surface area contributed by atoms with E-state index in [2.05, 4.69) is 32.0 Å². The van der Waals surface area contributed by atoms with E-state index in [-0.39, 0.29) is 0 Å². The van der Waals surface area contributed by atoms with E-state index in [1.807, 2.05) is 22.8 Å². The SMILES string of the molecule is N#Cc1ccc(-n2c(CCCl)nc3cc(Br)cnc32)cc1. The summed E-state index contributed by atoms with van der Waals surface area (Å²) in [7, 11) is 0. The van der Waals surface area contributed by atoms with Gasteiger partial charge in [0.1, 0.15) is 11.3 Å². The average molecular weight is 362 g/mol. The molecular weight excluding hydrogens is 352 g/mol. The molecule has 21 heavy (non-hydrogen) atoms. The lowest BCUT2D eigenvalue weighted by molar-refractivity contribution is 0.905. The first kappa shape index (κ1) is 14.1. The van der Waals surface area contributed by atoms with Gasteiger partial charge in [-0.3, -0.25) is 4.57 Å². The zero-order valence-corrected chi connectivity index (χ0v) is 13.3. The summed E-state index contributed by atoms with van der Waals surface area (Å²) >= 11 is 9.28. The van der Waals surface area contributed by atoms with Crippen molar-refractivity contribution in [2.75, 3.05) is 5.88 Å². The molecule has 0 aliphatic carbocycles. The van der Waals surface area contributed by atoms with Crippen molar-refractivity contribution in [3.8, 4) is 11.8 Å². The van der Waals surface area contributed by atoms with Gasteiger partial charge in [0.25, 0.3) is 0 Å². The molecule has 0 spiro atoms. The molecule has 0 fully saturated rings. The van der Waals surface area contributed by atoms with Crippen LogP contribution in [0.1, 0.15) is 11.4 Å². The Morgan fingerprint density at radius 3 is 2.71 bits per heavy atom. The Kier molecular flexibility index (Phi) is 3.91. The van der Waals surface area contributed by atoms with Crippen molar-refractivity contribution in [2.45, 2.75) is 6.42 Å². The van der Waals surface area contributed by atoms with Crippen LogP contribution in [-0.2, 0) is 6.42 Å². The molecule has 0 saturated heterocycles. The second-order valence-corrected chi connectivity index (χ2v) is 5.75. The smallest absolute Gasteiger partial charge is 0.164 e. The lowest BCUT2D eigenvalue weighted by atomic mass is 10.2. The zero-order valence-electron chi connectivity index (χ0n) is 10.9. The first-order valence-corrected chi connectivity index (χ1v) is 7.65. The van der Waals surface area contributed by atoms with Crippen LogP contribution in [0.4, 0.5) is 0 Å². The van der Waals surface area contributed by atoms with E-state index in [0.29, 0.717) is 17.9 Å². The molecular formula is C15H10BrClN4. The van der Waals surface area contributed by atoms with Crippen LogP contribution < -0.4 is 0 Å². The molecule has 0 unspecified atom stereocenters.